The molecule has 2 aliphatic rings. The number of benzene rings is 1. The molecule has 1 aromatic rings. The van der Waals surface area contributed by atoms with E-state index >= 15 is 0 Å². The average molecular weight is 318 g/mol. The minimum absolute atomic E-state index is 0.0964. The Hall–Kier alpha value is -2.15. The Morgan fingerprint density at radius 1 is 1.26 bits per heavy atom. The number of aliphatic hydroxyl groups excluding tert-OH is 1. The molecule has 0 bridgehead atoms. The number of nitrogens with one attached hydrogen (secondary N) is 1. The van der Waals surface area contributed by atoms with Crippen LogP contribution < -0.4 is 5.32 Å². The van der Waals surface area contributed by atoms with E-state index in [4.69, 9.17) is 0 Å². The van der Waals surface area contributed by atoms with Crippen molar-refractivity contribution in [2.45, 2.75) is 44.4 Å². The number of aliphatic imine (C=N–C) groups is 1. The lowest BCUT2D eigenvalue weighted by Crippen LogP contribution is -2.47. The normalized spacial score (nSPS) is 19.7. The first-order chi connectivity index (χ1) is 11.1. The van der Waals surface area contributed by atoms with Crippen molar-refractivity contribution in [3.05, 3.63) is 39.9 Å². The Morgan fingerprint density at radius 2 is 1.91 bits per heavy atom. The summed E-state index contributed by atoms with van der Waals surface area (Å²) in [5, 5.41) is 23.8. The van der Waals surface area contributed by atoms with Gasteiger partial charge in [0.1, 0.15) is 0 Å². The molecule has 7 heteroatoms. The summed E-state index contributed by atoms with van der Waals surface area (Å²) in [6, 6.07) is 7.02. The highest BCUT2D eigenvalue weighted by Crippen LogP contribution is 2.20. The number of rotatable bonds is 4. The molecule has 1 saturated carbocycles. The number of nitro benzene ring substituents is 1. The number of aliphatic hydroxyl groups is 1. The van der Waals surface area contributed by atoms with E-state index in [2.05, 4.69) is 15.2 Å². The number of likely N-dealkylation sites (tertiary alicyclic amines) is 1. The van der Waals surface area contributed by atoms with Crippen LogP contribution in [-0.2, 0) is 6.54 Å². The first kappa shape index (κ1) is 15.7. The predicted molar refractivity (Wildman–Crippen MR) is 87.2 cm³/mol. The van der Waals surface area contributed by atoms with Gasteiger partial charge in [-0.2, -0.15) is 0 Å². The Morgan fingerprint density at radius 3 is 2.48 bits per heavy atom. The second kappa shape index (κ2) is 6.95. The summed E-state index contributed by atoms with van der Waals surface area (Å²) in [5.74, 6) is 0.887. The predicted octanol–water partition coefficient (Wildman–Crippen LogP) is 1.66. The molecule has 7 nitrogen and oxygen atoms in total. The van der Waals surface area contributed by atoms with Crippen molar-refractivity contribution >= 4 is 11.6 Å². The number of piperidine rings is 1. The summed E-state index contributed by atoms with van der Waals surface area (Å²) < 4.78 is 0. The molecule has 23 heavy (non-hydrogen) atoms. The van der Waals surface area contributed by atoms with Gasteiger partial charge in [0.05, 0.1) is 17.6 Å². The lowest BCUT2D eigenvalue weighted by molar-refractivity contribution is -0.384. The molecule has 1 aliphatic carbocycles. The molecule has 0 aromatic heterocycles. The highest BCUT2D eigenvalue weighted by molar-refractivity contribution is 5.80. The molecule has 0 amide bonds. The Bertz CT molecular complexity index is 575. The van der Waals surface area contributed by atoms with Gasteiger partial charge in [0, 0.05) is 31.3 Å². The van der Waals surface area contributed by atoms with Crippen LogP contribution in [0, 0.1) is 10.1 Å². The van der Waals surface area contributed by atoms with Crippen molar-refractivity contribution in [3.8, 4) is 0 Å². The number of guanidine groups is 1. The Balaban J connectivity index is 1.65. The van der Waals surface area contributed by atoms with Gasteiger partial charge in [0.15, 0.2) is 5.96 Å². The molecule has 1 aliphatic heterocycles. The maximum Gasteiger partial charge on any atom is 0.269 e. The molecule has 1 saturated heterocycles. The molecule has 1 heterocycles. The smallest absolute Gasteiger partial charge is 0.269 e. The van der Waals surface area contributed by atoms with Gasteiger partial charge < -0.3 is 15.3 Å². The fourth-order valence-electron chi connectivity index (χ4n) is 2.61. The van der Waals surface area contributed by atoms with Crippen LogP contribution in [0.2, 0.25) is 0 Å². The first-order valence-electron chi connectivity index (χ1n) is 8.09. The fourth-order valence-corrected chi connectivity index (χ4v) is 2.61. The molecule has 2 fully saturated rings. The van der Waals surface area contributed by atoms with E-state index in [0.717, 1.165) is 37.5 Å². The largest absolute Gasteiger partial charge is 0.393 e. The highest BCUT2D eigenvalue weighted by Gasteiger charge is 2.26. The van der Waals surface area contributed by atoms with Gasteiger partial charge in [-0.15, -0.1) is 0 Å². The second-order valence-electron chi connectivity index (χ2n) is 6.20. The summed E-state index contributed by atoms with van der Waals surface area (Å²) >= 11 is 0. The fraction of sp³-hybridized carbons (Fsp3) is 0.562. The van der Waals surface area contributed by atoms with Gasteiger partial charge >= 0.3 is 0 Å². The van der Waals surface area contributed by atoms with Gasteiger partial charge in [-0.05, 0) is 31.2 Å². The number of hydrogen-bond donors (Lipinski definition) is 2. The Kier molecular flexibility index (Phi) is 4.76. The van der Waals surface area contributed by atoms with Crippen LogP contribution >= 0.6 is 0 Å². The molecule has 1 aromatic carbocycles. The van der Waals surface area contributed by atoms with E-state index < -0.39 is 4.92 Å². The zero-order valence-corrected chi connectivity index (χ0v) is 13.0. The topological polar surface area (TPSA) is 91.0 Å². The number of hydrogen-bond acceptors (Lipinski definition) is 4. The summed E-state index contributed by atoms with van der Waals surface area (Å²) in [6.45, 7) is 2.10. The van der Waals surface area contributed by atoms with Crippen LogP contribution in [0.5, 0.6) is 0 Å². The zero-order chi connectivity index (χ0) is 16.2. The van der Waals surface area contributed by atoms with E-state index in [-0.39, 0.29) is 11.8 Å². The molecular weight excluding hydrogens is 296 g/mol. The molecule has 0 unspecified atom stereocenters. The minimum Gasteiger partial charge on any atom is -0.393 e. The first-order valence-corrected chi connectivity index (χ1v) is 8.09. The van der Waals surface area contributed by atoms with Gasteiger partial charge in [-0.1, -0.05) is 12.1 Å². The van der Waals surface area contributed by atoms with E-state index in [1.54, 1.807) is 12.1 Å². The summed E-state index contributed by atoms with van der Waals surface area (Å²) in [4.78, 5) is 17.2. The van der Waals surface area contributed by atoms with E-state index in [1.807, 2.05) is 0 Å². The molecule has 2 N–H and O–H groups in total. The second-order valence-corrected chi connectivity index (χ2v) is 6.20. The van der Waals surface area contributed by atoms with Gasteiger partial charge in [0.2, 0.25) is 0 Å². The van der Waals surface area contributed by atoms with Gasteiger partial charge in [-0.3, -0.25) is 10.1 Å². The minimum atomic E-state index is -0.397. The van der Waals surface area contributed by atoms with Crippen LogP contribution in [0.25, 0.3) is 0 Å². The van der Waals surface area contributed by atoms with Crippen molar-refractivity contribution in [2.75, 3.05) is 13.1 Å². The lowest BCUT2D eigenvalue weighted by atomic mass is 10.1. The maximum absolute atomic E-state index is 10.7. The lowest BCUT2D eigenvalue weighted by Gasteiger charge is -2.32. The molecule has 0 spiro atoms. The maximum atomic E-state index is 10.7. The van der Waals surface area contributed by atoms with Crippen LogP contribution in [0.15, 0.2) is 29.3 Å². The summed E-state index contributed by atoms with van der Waals surface area (Å²) in [6.07, 6.45) is 3.68. The van der Waals surface area contributed by atoms with Crippen LogP contribution in [-0.4, -0.2) is 46.1 Å². The SMILES string of the molecule is O=[N+]([O-])c1ccc(CN=C(NC2CC2)N2CCC(O)CC2)cc1. The third-order valence-corrected chi connectivity index (χ3v) is 4.23. The zero-order valence-electron chi connectivity index (χ0n) is 13.0. The Labute approximate surface area is 135 Å². The van der Waals surface area contributed by atoms with Gasteiger partial charge in [-0.25, -0.2) is 4.99 Å². The molecule has 0 radical (unpaired) electrons. The van der Waals surface area contributed by atoms with E-state index in [0.29, 0.717) is 12.6 Å². The standard InChI is InChI=1S/C16H22N4O3/c21-15-7-9-19(10-8-15)16(18-13-3-4-13)17-11-12-1-5-14(6-2-12)20(22)23/h1-2,5-6,13,15,21H,3-4,7-11H2,(H,17,18). The number of non-ortho nitro benzene ring substituents is 1. The monoisotopic (exact) mass is 318 g/mol. The molecular formula is C16H22N4O3. The van der Waals surface area contributed by atoms with E-state index in [1.165, 1.54) is 25.0 Å². The van der Waals surface area contributed by atoms with E-state index in [9.17, 15) is 15.2 Å². The quantitative estimate of drug-likeness (QED) is 0.381. The molecule has 124 valence electrons. The van der Waals surface area contributed by atoms with Crippen molar-refractivity contribution in [3.63, 3.8) is 0 Å². The third-order valence-electron chi connectivity index (χ3n) is 4.23. The van der Waals surface area contributed by atoms with Crippen LogP contribution in [0.4, 0.5) is 5.69 Å². The van der Waals surface area contributed by atoms with Crippen LogP contribution in [0.3, 0.4) is 0 Å². The van der Waals surface area contributed by atoms with Crippen molar-refractivity contribution in [1.29, 1.82) is 0 Å². The average Bonchev–Trinajstić information content (AvgIpc) is 3.37. The van der Waals surface area contributed by atoms with Crippen LogP contribution in [0.1, 0.15) is 31.2 Å². The van der Waals surface area contributed by atoms with Crippen molar-refractivity contribution in [1.82, 2.24) is 10.2 Å². The van der Waals surface area contributed by atoms with Crippen molar-refractivity contribution in [2.24, 2.45) is 4.99 Å². The number of nitrogens with zero attached hydrogens (tertiary/aromatic N) is 3. The highest BCUT2D eigenvalue weighted by atomic mass is 16.6. The molecule has 0 atom stereocenters. The van der Waals surface area contributed by atoms with Crippen molar-refractivity contribution < 1.29 is 10.0 Å². The van der Waals surface area contributed by atoms with Gasteiger partial charge in [0.25, 0.3) is 5.69 Å². The number of nitro groups is 1. The third kappa shape index (κ3) is 4.41. The summed E-state index contributed by atoms with van der Waals surface area (Å²) in [5.41, 5.74) is 1.04. The summed E-state index contributed by atoms with van der Waals surface area (Å²) in [7, 11) is 0. The molecule has 3 rings (SSSR count).